The van der Waals surface area contributed by atoms with Gasteiger partial charge in [-0.15, -0.1) is 0 Å². The molecule has 0 atom stereocenters. The molecule has 0 aromatic heterocycles. The Morgan fingerprint density at radius 1 is 0.818 bits per heavy atom. The third kappa shape index (κ3) is 3.67. The first kappa shape index (κ1) is 15.1. The molecule has 3 heteroatoms. The van der Waals surface area contributed by atoms with Gasteiger partial charge in [-0.25, -0.2) is 0 Å². The summed E-state index contributed by atoms with van der Waals surface area (Å²) >= 11 is 0. The van der Waals surface area contributed by atoms with E-state index in [4.69, 9.17) is 0 Å². The number of para-hydroxylation sites is 1. The average molecular weight is 296 g/mol. The number of phenolic OH excluding ortho intramolecular Hbond substituents is 1. The van der Waals surface area contributed by atoms with Crippen molar-refractivity contribution in [2.75, 3.05) is 26.2 Å². The highest BCUT2D eigenvalue weighted by molar-refractivity contribution is 5.39. The maximum atomic E-state index is 10.1. The van der Waals surface area contributed by atoms with Crippen molar-refractivity contribution < 1.29 is 5.11 Å². The summed E-state index contributed by atoms with van der Waals surface area (Å²) in [4.78, 5) is 4.93. The van der Waals surface area contributed by atoms with Gasteiger partial charge in [0.15, 0.2) is 0 Å². The predicted molar refractivity (Wildman–Crippen MR) is 89.8 cm³/mol. The lowest BCUT2D eigenvalue weighted by Gasteiger charge is -2.34. The maximum Gasteiger partial charge on any atom is 0.122 e. The number of hydrogen-bond donors (Lipinski definition) is 1. The number of aromatic hydroxyl groups is 1. The molecule has 1 N–H and O–H groups in total. The van der Waals surface area contributed by atoms with Crippen molar-refractivity contribution in [3.05, 3.63) is 65.2 Å². The van der Waals surface area contributed by atoms with Crippen molar-refractivity contribution in [1.82, 2.24) is 9.80 Å². The van der Waals surface area contributed by atoms with Crippen molar-refractivity contribution in [2.45, 2.75) is 20.0 Å². The molecule has 1 fully saturated rings. The molecule has 0 radical (unpaired) electrons. The van der Waals surface area contributed by atoms with Gasteiger partial charge < -0.3 is 5.11 Å². The minimum atomic E-state index is 0.453. The molecule has 1 aliphatic rings. The molecule has 3 nitrogen and oxygen atoms in total. The molecule has 0 spiro atoms. The maximum absolute atomic E-state index is 10.1. The van der Waals surface area contributed by atoms with Crippen LogP contribution >= 0.6 is 0 Å². The highest BCUT2D eigenvalue weighted by Crippen LogP contribution is 2.23. The Hall–Kier alpha value is -1.84. The van der Waals surface area contributed by atoms with Crippen molar-refractivity contribution in [1.29, 1.82) is 0 Å². The molecule has 116 valence electrons. The third-order valence-corrected chi connectivity index (χ3v) is 4.43. The zero-order chi connectivity index (χ0) is 15.4. The Morgan fingerprint density at radius 2 is 1.45 bits per heavy atom. The lowest BCUT2D eigenvalue weighted by Crippen LogP contribution is -2.45. The molecule has 1 saturated heterocycles. The zero-order valence-corrected chi connectivity index (χ0v) is 13.2. The van der Waals surface area contributed by atoms with Gasteiger partial charge in [0.05, 0.1) is 0 Å². The van der Waals surface area contributed by atoms with Crippen molar-refractivity contribution in [3.8, 4) is 5.75 Å². The second kappa shape index (κ2) is 6.95. The van der Waals surface area contributed by atoms with Gasteiger partial charge >= 0.3 is 0 Å². The summed E-state index contributed by atoms with van der Waals surface area (Å²) in [5, 5.41) is 10.1. The molecule has 2 aromatic rings. The van der Waals surface area contributed by atoms with E-state index >= 15 is 0 Å². The number of benzene rings is 2. The lowest BCUT2D eigenvalue weighted by molar-refractivity contribution is 0.121. The van der Waals surface area contributed by atoms with E-state index in [-0.39, 0.29) is 0 Å². The zero-order valence-electron chi connectivity index (χ0n) is 13.2. The molecule has 2 aromatic carbocycles. The molecule has 0 saturated carbocycles. The van der Waals surface area contributed by atoms with Crippen LogP contribution in [0.15, 0.2) is 48.5 Å². The quantitative estimate of drug-likeness (QED) is 0.939. The van der Waals surface area contributed by atoms with E-state index in [0.717, 1.165) is 50.4 Å². The van der Waals surface area contributed by atoms with Crippen LogP contribution in [0.4, 0.5) is 0 Å². The summed E-state index contributed by atoms with van der Waals surface area (Å²) in [5.41, 5.74) is 3.38. The minimum absolute atomic E-state index is 0.453. The normalized spacial score (nSPS) is 16.8. The van der Waals surface area contributed by atoms with Crippen LogP contribution in [0.25, 0.3) is 0 Å². The summed E-state index contributed by atoms with van der Waals surface area (Å²) in [5.74, 6) is 0.453. The molecule has 1 heterocycles. The van der Waals surface area contributed by atoms with Gasteiger partial charge in [0.25, 0.3) is 0 Å². The summed E-state index contributed by atoms with van der Waals surface area (Å²) in [6.07, 6.45) is 0. The highest BCUT2D eigenvalue weighted by atomic mass is 16.3. The van der Waals surface area contributed by atoms with Crippen LogP contribution in [0.1, 0.15) is 16.7 Å². The second-order valence-corrected chi connectivity index (χ2v) is 6.12. The van der Waals surface area contributed by atoms with Crippen molar-refractivity contribution >= 4 is 0 Å². The summed E-state index contributed by atoms with van der Waals surface area (Å²) < 4.78 is 0. The number of nitrogens with zero attached hydrogens (tertiary/aromatic N) is 2. The Labute approximate surface area is 132 Å². The van der Waals surface area contributed by atoms with Crippen LogP contribution in [-0.2, 0) is 13.1 Å². The fraction of sp³-hybridized carbons (Fsp3) is 0.368. The smallest absolute Gasteiger partial charge is 0.122 e. The van der Waals surface area contributed by atoms with Gasteiger partial charge in [-0.05, 0) is 18.1 Å². The fourth-order valence-electron chi connectivity index (χ4n) is 3.04. The number of hydrogen-bond acceptors (Lipinski definition) is 3. The molecule has 1 aliphatic heterocycles. The Bertz CT molecular complexity index is 604. The van der Waals surface area contributed by atoms with Crippen LogP contribution in [0.3, 0.4) is 0 Å². The standard InChI is InChI=1S/C19H24N2O/c1-16-6-5-9-18(19(16)22)15-21-12-10-20(11-13-21)14-17-7-3-2-4-8-17/h2-9,22H,10-15H2,1H3. The number of phenols is 1. The van der Waals surface area contributed by atoms with E-state index in [0.29, 0.717) is 5.75 Å². The molecule has 0 aliphatic carbocycles. The SMILES string of the molecule is Cc1cccc(CN2CCN(Cc3ccccc3)CC2)c1O. The third-order valence-electron chi connectivity index (χ3n) is 4.43. The average Bonchev–Trinajstić information content (AvgIpc) is 2.55. The first-order valence-corrected chi connectivity index (χ1v) is 7.98. The Balaban J connectivity index is 1.52. The molecular formula is C19H24N2O. The van der Waals surface area contributed by atoms with Crippen molar-refractivity contribution in [3.63, 3.8) is 0 Å². The number of rotatable bonds is 4. The minimum Gasteiger partial charge on any atom is -0.507 e. The summed E-state index contributed by atoms with van der Waals surface area (Å²) in [6, 6.07) is 16.7. The van der Waals surface area contributed by atoms with E-state index < -0.39 is 0 Å². The van der Waals surface area contributed by atoms with E-state index in [2.05, 4.69) is 40.1 Å². The molecule has 3 rings (SSSR count). The molecular weight excluding hydrogens is 272 g/mol. The van der Waals surface area contributed by atoms with Gasteiger partial charge in [0.1, 0.15) is 5.75 Å². The van der Waals surface area contributed by atoms with Crippen LogP contribution < -0.4 is 0 Å². The Morgan fingerprint density at radius 3 is 2.14 bits per heavy atom. The van der Waals surface area contributed by atoms with Crippen LogP contribution in [0.2, 0.25) is 0 Å². The topological polar surface area (TPSA) is 26.7 Å². The monoisotopic (exact) mass is 296 g/mol. The second-order valence-electron chi connectivity index (χ2n) is 6.12. The van der Waals surface area contributed by atoms with Crippen molar-refractivity contribution in [2.24, 2.45) is 0 Å². The van der Waals surface area contributed by atoms with Gasteiger partial charge in [0.2, 0.25) is 0 Å². The predicted octanol–water partition coefficient (Wildman–Crippen LogP) is 3.02. The van der Waals surface area contributed by atoms with Gasteiger partial charge in [0, 0.05) is 44.8 Å². The Kier molecular flexibility index (Phi) is 4.76. The number of aryl methyl sites for hydroxylation is 1. The summed E-state index contributed by atoms with van der Waals surface area (Å²) in [6.45, 7) is 8.11. The van der Waals surface area contributed by atoms with Gasteiger partial charge in [-0.1, -0.05) is 48.5 Å². The van der Waals surface area contributed by atoms with Crippen LogP contribution in [0, 0.1) is 6.92 Å². The molecule has 22 heavy (non-hydrogen) atoms. The molecule has 0 amide bonds. The van der Waals surface area contributed by atoms with Gasteiger partial charge in [-0.3, -0.25) is 9.80 Å². The lowest BCUT2D eigenvalue weighted by atomic mass is 10.1. The number of piperazine rings is 1. The van der Waals surface area contributed by atoms with Crippen LogP contribution in [0.5, 0.6) is 5.75 Å². The fourth-order valence-corrected chi connectivity index (χ4v) is 3.04. The van der Waals surface area contributed by atoms with E-state index in [1.165, 1.54) is 5.56 Å². The highest BCUT2D eigenvalue weighted by Gasteiger charge is 2.18. The van der Waals surface area contributed by atoms with E-state index in [1.807, 2.05) is 25.1 Å². The largest absolute Gasteiger partial charge is 0.507 e. The van der Waals surface area contributed by atoms with Crippen LogP contribution in [-0.4, -0.2) is 41.1 Å². The van der Waals surface area contributed by atoms with Gasteiger partial charge in [-0.2, -0.15) is 0 Å². The summed E-state index contributed by atoms with van der Waals surface area (Å²) in [7, 11) is 0. The molecule has 0 bridgehead atoms. The first-order chi connectivity index (χ1) is 10.7. The van der Waals surface area contributed by atoms with E-state index in [1.54, 1.807) is 0 Å². The first-order valence-electron chi connectivity index (χ1n) is 7.98. The van der Waals surface area contributed by atoms with E-state index in [9.17, 15) is 5.11 Å². The molecule has 0 unspecified atom stereocenters.